The number of hydrogen-bond acceptors (Lipinski definition) is 5. The summed E-state index contributed by atoms with van der Waals surface area (Å²) < 4.78 is 12.5. The lowest BCUT2D eigenvalue weighted by Crippen LogP contribution is -2.39. The lowest BCUT2D eigenvalue weighted by Gasteiger charge is -2.27. The van der Waals surface area contributed by atoms with Crippen LogP contribution >= 0.6 is 0 Å². The number of rotatable bonds is 6. The second-order valence-electron chi connectivity index (χ2n) is 7.25. The van der Waals surface area contributed by atoms with E-state index in [9.17, 15) is 9.90 Å². The van der Waals surface area contributed by atoms with Crippen LogP contribution in [0.1, 0.15) is 35.9 Å². The number of benzene rings is 1. The largest absolute Gasteiger partial charge is 0.493 e. The van der Waals surface area contributed by atoms with Gasteiger partial charge in [0.05, 0.1) is 45.1 Å². The van der Waals surface area contributed by atoms with E-state index in [1.54, 1.807) is 14.2 Å². The second-order valence-corrected chi connectivity index (χ2v) is 7.25. The summed E-state index contributed by atoms with van der Waals surface area (Å²) in [4.78, 5) is 14.6. The summed E-state index contributed by atoms with van der Waals surface area (Å²) in [7, 11) is 3.18. The van der Waals surface area contributed by atoms with Crippen LogP contribution in [0.2, 0.25) is 0 Å². The molecule has 2 heterocycles. The SMILES string of the molecule is COc1ccc(CC(=O)N2CCn3nc([C@@H](O)C4CC4)cc3C2)cc1OC. The van der Waals surface area contributed by atoms with E-state index in [0.717, 1.165) is 29.8 Å². The van der Waals surface area contributed by atoms with Crippen molar-refractivity contribution in [1.29, 1.82) is 0 Å². The minimum atomic E-state index is -0.473. The Morgan fingerprint density at radius 3 is 2.70 bits per heavy atom. The summed E-state index contributed by atoms with van der Waals surface area (Å²) >= 11 is 0. The first-order valence-corrected chi connectivity index (χ1v) is 9.32. The van der Waals surface area contributed by atoms with Crippen molar-refractivity contribution in [1.82, 2.24) is 14.7 Å². The first kappa shape index (κ1) is 17.9. The van der Waals surface area contributed by atoms with Gasteiger partial charge in [-0.15, -0.1) is 0 Å². The zero-order chi connectivity index (χ0) is 19.0. The Kier molecular flexibility index (Phi) is 4.78. The molecule has 1 aromatic heterocycles. The topological polar surface area (TPSA) is 76.8 Å². The summed E-state index contributed by atoms with van der Waals surface area (Å²) in [5.41, 5.74) is 2.61. The third kappa shape index (κ3) is 3.64. The highest BCUT2D eigenvalue weighted by Gasteiger charge is 2.33. The number of aliphatic hydroxyl groups excluding tert-OH is 1. The van der Waals surface area contributed by atoms with Gasteiger partial charge in [0.25, 0.3) is 0 Å². The molecule has 0 radical (unpaired) electrons. The Balaban J connectivity index is 1.43. The zero-order valence-electron chi connectivity index (χ0n) is 15.7. The Morgan fingerprint density at radius 1 is 1.22 bits per heavy atom. The van der Waals surface area contributed by atoms with E-state index < -0.39 is 6.10 Å². The minimum absolute atomic E-state index is 0.0685. The Bertz CT molecular complexity index is 844. The Morgan fingerprint density at radius 2 is 2.00 bits per heavy atom. The predicted octanol–water partition coefficient (Wildman–Crippen LogP) is 1.93. The molecule has 0 unspecified atom stereocenters. The highest BCUT2D eigenvalue weighted by Crippen LogP contribution is 2.40. The molecule has 2 aromatic rings. The van der Waals surface area contributed by atoms with Crippen LogP contribution in [0, 0.1) is 5.92 Å². The highest BCUT2D eigenvalue weighted by atomic mass is 16.5. The van der Waals surface area contributed by atoms with Crippen LogP contribution in [-0.4, -0.2) is 46.5 Å². The normalized spacial score (nSPS) is 17.4. The number of aliphatic hydroxyl groups is 1. The van der Waals surface area contributed by atoms with E-state index in [-0.39, 0.29) is 5.91 Å². The fourth-order valence-corrected chi connectivity index (χ4v) is 3.58. The van der Waals surface area contributed by atoms with Gasteiger partial charge >= 0.3 is 0 Å². The Labute approximate surface area is 158 Å². The lowest BCUT2D eigenvalue weighted by atomic mass is 10.1. The summed E-state index contributed by atoms with van der Waals surface area (Å²) in [5.74, 6) is 1.69. The highest BCUT2D eigenvalue weighted by molar-refractivity contribution is 5.79. The molecule has 1 atom stereocenters. The first-order valence-electron chi connectivity index (χ1n) is 9.32. The van der Waals surface area contributed by atoms with Crippen LogP contribution in [0.25, 0.3) is 0 Å². The average Bonchev–Trinajstić information content (AvgIpc) is 3.45. The van der Waals surface area contributed by atoms with Crippen molar-refractivity contribution in [2.24, 2.45) is 5.92 Å². The molecule has 1 saturated carbocycles. The number of nitrogens with zero attached hydrogens (tertiary/aromatic N) is 3. The number of amides is 1. The number of aromatic nitrogens is 2. The molecule has 1 amide bonds. The van der Waals surface area contributed by atoms with Crippen LogP contribution in [0.5, 0.6) is 11.5 Å². The van der Waals surface area contributed by atoms with Gasteiger partial charge in [-0.3, -0.25) is 9.48 Å². The third-order valence-electron chi connectivity index (χ3n) is 5.34. The fourth-order valence-electron chi connectivity index (χ4n) is 3.58. The van der Waals surface area contributed by atoms with Gasteiger partial charge in [-0.25, -0.2) is 0 Å². The quantitative estimate of drug-likeness (QED) is 0.840. The van der Waals surface area contributed by atoms with E-state index in [2.05, 4.69) is 5.10 Å². The molecule has 0 saturated heterocycles. The molecule has 0 spiro atoms. The van der Waals surface area contributed by atoms with Crippen LogP contribution in [0.4, 0.5) is 0 Å². The molecule has 27 heavy (non-hydrogen) atoms. The van der Waals surface area contributed by atoms with Gasteiger partial charge in [0, 0.05) is 6.54 Å². The molecule has 1 aliphatic carbocycles. The molecule has 2 aliphatic rings. The summed E-state index contributed by atoms with van der Waals surface area (Å²) in [6.07, 6.45) is 1.98. The van der Waals surface area contributed by atoms with Crippen molar-refractivity contribution in [2.75, 3.05) is 20.8 Å². The van der Waals surface area contributed by atoms with Gasteiger partial charge in [0.1, 0.15) is 6.10 Å². The van der Waals surface area contributed by atoms with Crippen molar-refractivity contribution in [3.05, 3.63) is 41.2 Å². The van der Waals surface area contributed by atoms with E-state index >= 15 is 0 Å². The Hall–Kier alpha value is -2.54. The summed E-state index contributed by atoms with van der Waals surface area (Å²) in [5, 5.41) is 14.8. The van der Waals surface area contributed by atoms with E-state index in [1.807, 2.05) is 33.8 Å². The molecule has 1 N–H and O–H groups in total. The van der Waals surface area contributed by atoms with E-state index in [1.165, 1.54) is 0 Å². The third-order valence-corrected chi connectivity index (χ3v) is 5.34. The number of ether oxygens (including phenoxy) is 2. The monoisotopic (exact) mass is 371 g/mol. The van der Waals surface area contributed by atoms with Crippen molar-refractivity contribution >= 4 is 5.91 Å². The first-order chi connectivity index (χ1) is 13.1. The summed E-state index contributed by atoms with van der Waals surface area (Å²) in [6, 6.07) is 7.49. The van der Waals surface area contributed by atoms with Gasteiger partial charge < -0.3 is 19.5 Å². The molecular formula is C20H25N3O4. The van der Waals surface area contributed by atoms with Crippen LogP contribution in [0.3, 0.4) is 0 Å². The number of carbonyl (C=O) groups excluding carboxylic acids is 1. The lowest BCUT2D eigenvalue weighted by molar-refractivity contribution is -0.132. The van der Waals surface area contributed by atoms with Crippen molar-refractivity contribution in [2.45, 2.75) is 38.5 Å². The van der Waals surface area contributed by atoms with Gasteiger partial charge in [-0.1, -0.05) is 6.07 Å². The van der Waals surface area contributed by atoms with E-state index in [0.29, 0.717) is 43.5 Å². The molecule has 4 rings (SSSR count). The molecular weight excluding hydrogens is 346 g/mol. The number of fused-ring (bicyclic) bond motifs is 1. The maximum absolute atomic E-state index is 12.8. The van der Waals surface area contributed by atoms with Crippen LogP contribution < -0.4 is 9.47 Å². The average molecular weight is 371 g/mol. The predicted molar refractivity (Wildman–Crippen MR) is 98.6 cm³/mol. The summed E-state index contributed by atoms with van der Waals surface area (Å²) in [6.45, 7) is 1.81. The van der Waals surface area contributed by atoms with Crippen molar-refractivity contribution in [3.63, 3.8) is 0 Å². The molecule has 7 nitrogen and oxygen atoms in total. The zero-order valence-corrected chi connectivity index (χ0v) is 15.7. The molecule has 0 bridgehead atoms. The smallest absolute Gasteiger partial charge is 0.227 e. The molecule has 1 aromatic carbocycles. The maximum atomic E-state index is 12.8. The molecule has 1 fully saturated rings. The van der Waals surface area contributed by atoms with Crippen LogP contribution in [0.15, 0.2) is 24.3 Å². The molecule has 7 heteroatoms. The second kappa shape index (κ2) is 7.23. The van der Waals surface area contributed by atoms with Gasteiger partial charge in [0.15, 0.2) is 11.5 Å². The van der Waals surface area contributed by atoms with Crippen LogP contribution in [-0.2, 0) is 24.3 Å². The van der Waals surface area contributed by atoms with Crippen molar-refractivity contribution < 1.29 is 19.4 Å². The number of carbonyl (C=O) groups is 1. The number of methoxy groups -OCH3 is 2. The van der Waals surface area contributed by atoms with E-state index in [4.69, 9.17) is 9.47 Å². The molecule has 144 valence electrons. The van der Waals surface area contributed by atoms with Gasteiger partial charge in [-0.05, 0) is 42.5 Å². The minimum Gasteiger partial charge on any atom is -0.493 e. The standard InChI is InChI=1S/C20H25N3O4/c1-26-17-6-3-13(9-18(17)27-2)10-19(24)22-7-8-23-15(12-22)11-16(21-23)20(25)14-4-5-14/h3,6,9,11,14,20,25H,4-5,7-8,10,12H2,1-2H3/t20-/m0/s1. The van der Waals surface area contributed by atoms with Crippen molar-refractivity contribution in [3.8, 4) is 11.5 Å². The fraction of sp³-hybridized carbons (Fsp3) is 0.500. The van der Waals surface area contributed by atoms with Gasteiger partial charge in [-0.2, -0.15) is 5.10 Å². The maximum Gasteiger partial charge on any atom is 0.227 e. The number of hydrogen-bond donors (Lipinski definition) is 1. The van der Waals surface area contributed by atoms with Gasteiger partial charge in [0.2, 0.25) is 5.91 Å². The molecule has 1 aliphatic heterocycles.